The molecular weight excluding hydrogens is 466 g/mol. The number of aromatic carboxylic acids is 1. The summed E-state index contributed by atoms with van der Waals surface area (Å²) in [5.41, 5.74) is 0.533. The van der Waals surface area contributed by atoms with Gasteiger partial charge in [0.1, 0.15) is 21.0 Å². The van der Waals surface area contributed by atoms with Crippen LogP contribution in [-0.4, -0.2) is 50.5 Å². The predicted molar refractivity (Wildman–Crippen MR) is 121 cm³/mol. The smallest absolute Gasteiger partial charge is 0.436 e. The third-order valence-electron chi connectivity index (χ3n) is 4.66. The molecule has 0 bridgehead atoms. The monoisotopic (exact) mass is 483 g/mol. The second-order valence-electron chi connectivity index (χ2n) is 6.84. The summed E-state index contributed by atoms with van der Waals surface area (Å²) in [7, 11) is 0. The van der Waals surface area contributed by atoms with Gasteiger partial charge in [0.2, 0.25) is 0 Å². The highest BCUT2D eigenvalue weighted by Crippen LogP contribution is 2.32. The number of rotatable bonds is 6. The van der Waals surface area contributed by atoms with Gasteiger partial charge in [-0.3, -0.25) is 9.59 Å². The van der Waals surface area contributed by atoms with Gasteiger partial charge in [-0.05, 0) is 32.0 Å². The van der Waals surface area contributed by atoms with Crippen molar-refractivity contribution in [3.8, 4) is 0 Å². The van der Waals surface area contributed by atoms with Crippen molar-refractivity contribution in [3.63, 3.8) is 0 Å². The van der Waals surface area contributed by atoms with Gasteiger partial charge < -0.3 is 25.0 Å². The van der Waals surface area contributed by atoms with Crippen LogP contribution in [0.1, 0.15) is 43.1 Å². The van der Waals surface area contributed by atoms with E-state index in [2.05, 4.69) is 20.9 Å². The number of benzene rings is 1. The predicted octanol–water partition coefficient (Wildman–Crippen LogP) is 3.60. The molecule has 1 aromatic carbocycles. The van der Waals surface area contributed by atoms with E-state index < -0.39 is 23.9 Å². The minimum absolute atomic E-state index is 0.0344. The standard InChI is InChI=1S/C21H17N5O7S/c1-3-32-21(31)26-19-12(8-15(34-19)20(29)30)16(25-26)24-17(27)11-6-4-5-7-14(11)23-18(28)13-9-22-33-10(13)2/h4-9H,3H2,1-2H3,(H,23,28)(H,29,30)(H,24,25,27). The van der Waals surface area contributed by atoms with Gasteiger partial charge in [-0.1, -0.05) is 17.3 Å². The number of ether oxygens (including phenoxy) is 1. The van der Waals surface area contributed by atoms with Crippen LogP contribution in [0.15, 0.2) is 41.1 Å². The Hall–Kier alpha value is -4.52. The summed E-state index contributed by atoms with van der Waals surface area (Å²) in [6, 6.07) is 7.58. The summed E-state index contributed by atoms with van der Waals surface area (Å²) in [5, 5.41) is 22.5. The summed E-state index contributed by atoms with van der Waals surface area (Å²) in [5.74, 6) is -2.06. The van der Waals surface area contributed by atoms with Crippen LogP contribution in [0.5, 0.6) is 0 Å². The molecule has 2 amide bonds. The molecular formula is C21H17N5O7S. The fourth-order valence-electron chi connectivity index (χ4n) is 3.09. The lowest BCUT2D eigenvalue weighted by Gasteiger charge is -2.10. The third kappa shape index (κ3) is 4.23. The number of nitrogens with zero attached hydrogens (tertiary/aromatic N) is 3. The van der Waals surface area contributed by atoms with Gasteiger partial charge >= 0.3 is 12.1 Å². The molecule has 0 radical (unpaired) electrons. The number of aryl methyl sites for hydroxylation is 1. The molecule has 3 heterocycles. The lowest BCUT2D eigenvalue weighted by atomic mass is 10.1. The first-order chi connectivity index (χ1) is 16.3. The first-order valence-electron chi connectivity index (χ1n) is 9.86. The van der Waals surface area contributed by atoms with Crippen LogP contribution in [0, 0.1) is 6.92 Å². The molecule has 3 aromatic heterocycles. The summed E-state index contributed by atoms with van der Waals surface area (Å²) in [6.07, 6.45) is 0.450. The van der Waals surface area contributed by atoms with Gasteiger partial charge in [0.15, 0.2) is 5.82 Å². The molecule has 0 aliphatic rings. The van der Waals surface area contributed by atoms with Crippen molar-refractivity contribution in [2.75, 3.05) is 17.2 Å². The molecule has 13 heteroatoms. The van der Waals surface area contributed by atoms with E-state index in [0.29, 0.717) is 5.76 Å². The fourth-order valence-corrected chi connectivity index (χ4v) is 4.02. The topological polar surface area (TPSA) is 166 Å². The Balaban J connectivity index is 1.66. The molecule has 34 heavy (non-hydrogen) atoms. The molecule has 0 aliphatic heterocycles. The first-order valence-corrected chi connectivity index (χ1v) is 10.7. The minimum Gasteiger partial charge on any atom is -0.477 e. The van der Waals surface area contributed by atoms with Crippen LogP contribution in [0.4, 0.5) is 16.3 Å². The van der Waals surface area contributed by atoms with Crippen LogP contribution in [0.25, 0.3) is 10.2 Å². The Bertz CT molecular complexity index is 1430. The zero-order valence-corrected chi connectivity index (χ0v) is 18.6. The van der Waals surface area contributed by atoms with E-state index in [0.717, 1.165) is 16.0 Å². The third-order valence-corrected chi connectivity index (χ3v) is 5.76. The highest BCUT2D eigenvalue weighted by Gasteiger charge is 2.24. The number of amides is 2. The molecule has 0 saturated heterocycles. The maximum absolute atomic E-state index is 13.1. The van der Waals surface area contributed by atoms with E-state index in [1.165, 1.54) is 24.4 Å². The molecule has 0 saturated carbocycles. The molecule has 4 aromatic rings. The number of aromatic nitrogens is 3. The lowest BCUT2D eigenvalue weighted by molar-refractivity contribution is 0.0701. The normalized spacial score (nSPS) is 10.8. The van der Waals surface area contributed by atoms with Crippen molar-refractivity contribution in [2.24, 2.45) is 0 Å². The molecule has 0 atom stereocenters. The second-order valence-corrected chi connectivity index (χ2v) is 7.87. The minimum atomic E-state index is -1.19. The average Bonchev–Trinajstić information content (AvgIpc) is 3.50. The molecule has 12 nitrogen and oxygen atoms in total. The number of fused-ring (bicyclic) bond motifs is 1. The maximum Gasteiger partial charge on any atom is 0.436 e. The first kappa shape index (κ1) is 22.7. The summed E-state index contributed by atoms with van der Waals surface area (Å²) >= 11 is 0.818. The van der Waals surface area contributed by atoms with E-state index in [1.54, 1.807) is 26.0 Å². The van der Waals surface area contributed by atoms with E-state index in [1.807, 2.05) is 0 Å². The lowest BCUT2D eigenvalue weighted by Crippen LogP contribution is -2.19. The Labute approximate surface area is 195 Å². The van der Waals surface area contributed by atoms with Crippen molar-refractivity contribution in [1.82, 2.24) is 14.9 Å². The van der Waals surface area contributed by atoms with E-state index in [4.69, 9.17) is 9.26 Å². The molecule has 0 unspecified atom stereocenters. The number of nitrogens with one attached hydrogen (secondary N) is 2. The van der Waals surface area contributed by atoms with Crippen molar-refractivity contribution in [3.05, 3.63) is 58.3 Å². The second kappa shape index (κ2) is 9.15. The highest BCUT2D eigenvalue weighted by atomic mass is 32.1. The Morgan fingerprint density at radius 1 is 1.15 bits per heavy atom. The maximum atomic E-state index is 13.1. The van der Waals surface area contributed by atoms with Gasteiger partial charge in [-0.15, -0.1) is 16.4 Å². The zero-order valence-electron chi connectivity index (χ0n) is 17.8. The van der Waals surface area contributed by atoms with E-state index in [-0.39, 0.29) is 44.3 Å². The van der Waals surface area contributed by atoms with Gasteiger partial charge in [0, 0.05) is 0 Å². The molecule has 174 valence electrons. The van der Waals surface area contributed by atoms with Crippen molar-refractivity contribution >= 4 is 56.9 Å². The van der Waals surface area contributed by atoms with Gasteiger partial charge in [0.25, 0.3) is 11.8 Å². The van der Waals surface area contributed by atoms with Gasteiger partial charge in [-0.2, -0.15) is 4.68 Å². The molecule has 0 fully saturated rings. The number of carbonyl (C=O) groups is 4. The van der Waals surface area contributed by atoms with E-state index >= 15 is 0 Å². The van der Waals surface area contributed by atoms with Crippen molar-refractivity contribution in [1.29, 1.82) is 0 Å². The number of anilines is 2. The molecule has 4 rings (SSSR count). The summed E-state index contributed by atoms with van der Waals surface area (Å²) < 4.78 is 10.8. The Kier molecular flexibility index (Phi) is 6.10. The van der Waals surface area contributed by atoms with Gasteiger partial charge in [-0.25, -0.2) is 9.59 Å². The average molecular weight is 483 g/mol. The Morgan fingerprint density at radius 2 is 1.88 bits per heavy atom. The quantitative estimate of drug-likeness (QED) is 0.371. The number of para-hydroxylation sites is 1. The number of hydrogen-bond donors (Lipinski definition) is 3. The summed E-state index contributed by atoms with van der Waals surface area (Å²) in [4.78, 5) is 49.5. The number of carboxylic acid groups (broad SMARTS) is 1. The Morgan fingerprint density at radius 3 is 2.56 bits per heavy atom. The molecule has 0 aliphatic carbocycles. The fraction of sp³-hybridized carbons (Fsp3) is 0.143. The molecule has 0 spiro atoms. The van der Waals surface area contributed by atoms with Crippen LogP contribution >= 0.6 is 11.3 Å². The number of hydrogen-bond acceptors (Lipinski definition) is 9. The number of thiophene rings is 1. The largest absolute Gasteiger partial charge is 0.477 e. The van der Waals surface area contributed by atoms with Crippen LogP contribution in [-0.2, 0) is 4.74 Å². The highest BCUT2D eigenvalue weighted by molar-refractivity contribution is 7.20. The zero-order chi connectivity index (χ0) is 24.4. The molecule has 3 N–H and O–H groups in total. The van der Waals surface area contributed by atoms with Crippen LogP contribution in [0.2, 0.25) is 0 Å². The van der Waals surface area contributed by atoms with Gasteiger partial charge in [0.05, 0.1) is 29.4 Å². The number of carbonyl (C=O) groups excluding carboxylic acids is 3. The van der Waals surface area contributed by atoms with Crippen LogP contribution in [0.3, 0.4) is 0 Å². The van der Waals surface area contributed by atoms with Crippen molar-refractivity contribution in [2.45, 2.75) is 13.8 Å². The SMILES string of the molecule is CCOC(=O)n1nc(NC(=O)c2ccccc2NC(=O)c2cnoc2C)c2cc(C(=O)O)sc21. The number of carboxylic acids is 1. The summed E-state index contributed by atoms with van der Waals surface area (Å²) in [6.45, 7) is 3.28. The van der Waals surface area contributed by atoms with Crippen molar-refractivity contribution < 1.29 is 33.5 Å². The van der Waals surface area contributed by atoms with E-state index in [9.17, 15) is 24.3 Å². The van der Waals surface area contributed by atoms with Crippen LogP contribution < -0.4 is 10.6 Å².